The molecule has 108 valence electrons. The molecule has 0 rings (SSSR count). The Morgan fingerprint density at radius 3 is 1.83 bits per heavy atom. The molecule has 18 heavy (non-hydrogen) atoms. The predicted octanol–water partition coefficient (Wildman–Crippen LogP) is 5.53. The molecule has 1 nitrogen and oxygen atoms in total. The minimum absolute atomic E-state index is 0.299. The van der Waals surface area contributed by atoms with Crippen LogP contribution in [-0.4, -0.2) is 11.5 Å². The number of hydrogen-bond donors (Lipinski definition) is 1. The molecule has 0 aliphatic heterocycles. The number of aliphatic hydroxyl groups excluding tert-OH is 1. The summed E-state index contributed by atoms with van der Waals surface area (Å²) in [5, 5.41) is 8.45. The second-order valence-corrected chi connectivity index (χ2v) is 5.10. The van der Waals surface area contributed by atoms with E-state index in [1.54, 1.807) is 0 Å². The van der Waals surface area contributed by atoms with Crippen molar-refractivity contribution in [3.63, 3.8) is 0 Å². The molecule has 0 bridgehead atoms. The van der Waals surface area contributed by atoms with E-state index in [0.717, 1.165) is 25.7 Å². The Hall–Kier alpha value is -0.370. The lowest BCUT2D eigenvalue weighted by molar-refractivity contribution is 0.0323. The fourth-order valence-corrected chi connectivity index (χ4v) is 2.03. The Kier molecular flexibility index (Phi) is 14.4. The number of alkyl halides is 1. The molecule has 0 radical (unpaired) electrons. The van der Waals surface area contributed by atoms with E-state index in [4.69, 9.17) is 5.11 Å². The highest BCUT2D eigenvalue weighted by molar-refractivity contribution is 4.81. The lowest BCUT2D eigenvalue weighted by atomic mass is 10.1. The fraction of sp³-hybridized carbons (Fsp3) is 0.875. The van der Waals surface area contributed by atoms with Gasteiger partial charge >= 0.3 is 0 Å². The van der Waals surface area contributed by atoms with Crippen molar-refractivity contribution in [3.05, 3.63) is 12.2 Å². The van der Waals surface area contributed by atoms with Gasteiger partial charge in [0.25, 0.3) is 0 Å². The quantitative estimate of drug-likeness (QED) is 0.340. The molecule has 0 saturated heterocycles. The molecule has 0 aromatic carbocycles. The van der Waals surface area contributed by atoms with Crippen molar-refractivity contribution in [1.82, 2.24) is 0 Å². The maximum atomic E-state index is 12.1. The fourth-order valence-electron chi connectivity index (χ4n) is 2.03. The van der Waals surface area contributed by atoms with Crippen molar-refractivity contribution < 1.29 is 9.50 Å². The van der Waals surface area contributed by atoms with Gasteiger partial charge in [0.2, 0.25) is 0 Å². The molecule has 0 fully saturated rings. The van der Waals surface area contributed by atoms with E-state index in [-0.39, 0.29) is 0 Å². The third-order valence-corrected chi connectivity index (χ3v) is 3.20. The van der Waals surface area contributed by atoms with Gasteiger partial charge in [-0.2, -0.15) is 0 Å². The zero-order chi connectivity index (χ0) is 13.5. The minimum atomic E-state index is -1.61. The van der Waals surface area contributed by atoms with Crippen LogP contribution in [0.4, 0.5) is 4.39 Å². The van der Waals surface area contributed by atoms with Gasteiger partial charge in [0, 0.05) is 6.42 Å². The molecule has 2 heteroatoms. The summed E-state index contributed by atoms with van der Waals surface area (Å²) < 4.78 is 12.1. The van der Waals surface area contributed by atoms with Gasteiger partial charge in [-0.3, -0.25) is 0 Å². The van der Waals surface area contributed by atoms with Crippen LogP contribution in [0.3, 0.4) is 0 Å². The van der Waals surface area contributed by atoms with Gasteiger partial charge in [-0.25, -0.2) is 4.39 Å². The zero-order valence-electron chi connectivity index (χ0n) is 12.0. The summed E-state index contributed by atoms with van der Waals surface area (Å²) in [5.41, 5.74) is 0. The van der Waals surface area contributed by atoms with Crippen LogP contribution in [0.15, 0.2) is 12.2 Å². The first-order valence-electron chi connectivity index (χ1n) is 7.74. The average molecular weight is 258 g/mol. The van der Waals surface area contributed by atoms with Crippen LogP contribution in [0.2, 0.25) is 0 Å². The van der Waals surface area contributed by atoms with Gasteiger partial charge in [0.15, 0.2) is 6.36 Å². The van der Waals surface area contributed by atoms with Crippen LogP contribution in [0, 0.1) is 0 Å². The lowest BCUT2D eigenvalue weighted by Gasteiger charge is -2.00. The minimum Gasteiger partial charge on any atom is -0.364 e. The summed E-state index contributed by atoms with van der Waals surface area (Å²) >= 11 is 0. The first kappa shape index (κ1) is 17.6. The molecule has 0 spiro atoms. The molecule has 1 atom stereocenters. The standard InChI is InChI=1S/C16H31FO/c1-2-3-4-5-6-7-8-9-10-11-12-13-14-15-16(17)18/h8-9,16,18H,2-7,10-15H2,1H3. The second kappa shape index (κ2) is 14.7. The molecule has 0 aliphatic rings. The second-order valence-electron chi connectivity index (χ2n) is 5.10. The lowest BCUT2D eigenvalue weighted by Crippen LogP contribution is -1.95. The topological polar surface area (TPSA) is 20.2 Å². The monoisotopic (exact) mass is 258 g/mol. The van der Waals surface area contributed by atoms with Crippen LogP contribution in [0.1, 0.15) is 84.0 Å². The maximum Gasteiger partial charge on any atom is 0.196 e. The number of rotatable bonds is 13. The van der Waals surface area contributed by atoms with E-state index >= 15 is 0 Å². The van der Waals surface area contributed by atoms with Crippen LogP contribution in [0.5, 0.6) is 0 Å². The van der Waals surface area contributed by atoms with Crippen LogP contribution in [0.25, 0.3) is 0 Å². The van der Waals surface area contributed by atoms with Crippen molar-refractivity contribution in [2.24, 2.45) is 0 Å². The Morgan fingerprint density at radius 2 is 1.33 bits per heavy atom. The number of unbranched alkanes of at least 4 members (excludes halogenated alkanes) is 9. The number of aliphatic hydroxyl groups is 1. The Balaban J connectivity index is 3.04. The number of halogens is 1. The summed E-state index contributed by atoms with van der Waals surface area (Å²) in [5.74, 6) is 0. The summed E-state index contributed by atoms with van der Waals surface area (Å²) in [6.45, 7) is 2.24. The van der Waals surface area contributed by atoms with E-state index in [1.165, 1.54) is 44.9 Å². The molecule has 0 aromatic heterocycles. The largest absolute Gasteiger partial charge is 0.364 e. The average Bonchev–Trinajstić information content (AvgIpc) is 2.34. The Bertz CT molecular complexity index is 178. The first-order chi connectivity index (χ1) is 8.77. The summed E-state index contributed by atoms with van der Waals surface area (Å²) in [6, 6.07) is 0. The molecule has 0 heterocycles. The third-order valence-electron chi connectivity index (χ3n) is 3.20. The molecule has 0 amide bonds. The molecule has 1 N–H and O–H groups in total. The Labute approximate surface area is 112 Å². The van der Waals surface area contributed by atoms with Gasteiger partial charge in [-0.15, -0.1) is 0 Å². The summed E-state index contributed by atoms with van der Waals surface area (Å²) in [4.78, 5) is 0. The van der Waals surface area contributed by atoms with E-state index in [2.05, 4.69) is 19.1 Å². The van der Waals surface area contributed by atoms with Crippen LogP contribution < -0.4 is 0 Å². The van der Waals surface area contributed by atoms with Crippen molar-refractivity contribution in [2.75, 3.05) is 0 Å². The van der Waals surface area contributed by atoms with Gasteiger partial charge in [0.05, 0.1) is 0 Å². The van der Waals surface area contributed by atoms with Crippen LogP contribution in [-0.2, 0) is 0 Å². The van der Waals surface area contributed by atoms with E-state index in [1.807, 2.05) is 0 Å². The third kappa shape index (κ3) is 15.6. The highest BCUT2D eigenvalue weighted by Crippen LogP contribution is 2.09. The summed E-state index contributed by atoms with van der Waals surface area (Å²) in [6.07, 6.45) is 16.6. The van der Waals surface area contributed by atoms with Crippen molar-refractivity contribution in [3.8, 4) is 0 Å². The smallest absolute Gasteiger partial charge is 0.196 e. The van der Waals surface area contributed by atoms with Crippen LogP contribution >= 0.6 is 0 Å². The van der Waals surface area contributed by atoms with E-state index in [0.29, 0.717) is 6.42 Å². The summed E-state index contributed by atoms with van der Waals surface area (Å²) in [7, 11) is 0. The number of allylic oxidation sites excluding steroid dienone is 2. The molecule has 0 aromatic rings. The molecule has 0 saturated carbocycles. The zero-order valence-corrected chi connectivity index (χ0v) is 12.0. The van der Waals surface area contributed by atoms with Crippen molar-refractivity contribution in [2.45, 2.75) is 90.3 Å². The molecular weight excluding hydrogens is 227 g/mol. The molecular formula is C16H31FO. The van der Waals surface area contributed by atoms with Gasteiger partial charge in [-0.05, 0) is 32.1 Å². The highest BCUT2D eigenvalue weighted by Gasteiger charge is 1.97. The van der Waals surface area contributed by atoms with E-state index < -0.39 is 6.36 Å². The molecule has 0 aliphatic carbocycles. The van der Waals surface area contributed by atoms with Gasteiger partial charge in [0.1, 0.15) is 0 Å². The SMILES string of the molecule is CCCCCCCC=CCCCCCCC(O)F. The van der Waals surface area contributed by atoms with Gasteiger partial charge in [-0.1, -0.05) is 57.6 Å². The number of hydrogen-bond acceptors (Lipinski definition) is 1. The molecule has 1 unspecified atom stereocenters. The van der Waals surface area contributed by atoms with E-state index in [9.17, 15) is 4.39 Å². The first-order valence-corrected chi connectivity index (χ1v) is 7.74. The van der Waals surface area contributed by atoms with Crippen molar-refractivity contribution >= 4 is 0 Å². The highest BCUT2D eigenvalue weighted by atomic mass is 19.1. The van der Waals surface area contributed by atoms with Crippen molar-refractivity contribution in [1.29, 1.82) is 0 Å². The Morgan fingerprint density at radius 1 is 0.833 bits per heavy atom. The predicted molar refractivity (Wildman–Crippen MR) is 77.3 cm³/mol. The van der Waals surface area contributed by atoms with Gasteiger partial charge < -0.3 is 5.11 Å². The normalized spacial score (nSPS) is 13.3. The maximum absolute atomic E-state index is 12.1.